The predicted molar refractivity (Wildman–Crippen MR) is 142 cm³/mol. The van der Waals surface area contributed by atoms with Crippen LogP contribution in [0.15, 0.2) is 77.2 Å². The van der Waals surface area contributed by atoms with Gasteiger partial charge in [-0.3, -0.25) is 9.59 Å². The molecule has 0 radical (unpaired) electrons. The number of esters is 1. The molecule has 0 aliphatic rings. The Morgan fingerprint density at radius 1 is 0.944 bits per heavy atom. The molecule has 1 atom stereocenters. The van der Waals surface area contributed by atoms with Gasteiger partial charge in [0.15, 0.2) is 11.4 Å². The van der Waals surface area contributed by atoms with Gasteiger partial charge in [-0.1, -0.05) is 38.1 Å². The lowest BCUT2D eigenvalue weighted by Crippen LogP contribution is -2.16. The average molecular weight is 485 g/mol. The normalized spacial score (nSPS) is 12.0. The molecule has 0 bridgehead atoms. The third kappa shape index (κ3) is 6.19. The van der Waals surface area contributed by atoms with E-state index >= 15 is 0 Å². The van der Waals surface area contributed by atoms with Crippen LogP contribution >= 0.6 is 0 Å². The highest BCUT2D eigenvalue weighted by Crippen LogP contribution is 2.30. The van der Waals surface area contributed by atoms with Crippen LogP contribution in [0, 0.1) is 5.92 Å². The number of ether oxygens (including phenoxy) is 1. The first-order chi connectivity index (χ1) is 17.4. The molecule has 0 spiro atoms. The first-order valence-corrected chi connectivity index (χ1v) is 12.5. The van der Waals surface area contributed by atoms with Crippen LogP contribution in [0.3, 0.4) is 0 Å². The van der Waals surface area contributed by atoms with E-state index in [2.05, 4.69) is 36.3 Å². The van der Waals surface area contributed by atoms with E-state index < -0.39 is 0 Å². The van der Waals surface area contributed by atoms with E-state index in [4.69, 9.17) is 9.15 Å². The number of hydrogen-bond acceptors (Lipinski definition) is 6. The van der Waals surface area contributed by atoms with Crippen LogP contribution in [0.2, 0.25) is 0 Å². The van der Waals surface area contributed by atoms with E-state index in [0.717, 1.165) is 27.9 Å². The van der Waals surface area contributed by atoms with Crippen LogP contribution in [0.25, 0.3) is 22.6 Å². The number of carbonyl (C=O) groups is 2. The zero-order chi connectivity index (χ0) is 25.5. The predicted octanol–water partition coefficient (Wildman–Crippen LogP) is 7.22. The van der Waals surface area contributed by atoms with Crippen LogP contribution in [-0.4, -0.2) is 23.3 Å². The Hall–Kier alpha value is -3.93. The van der Waals surface area contributed by atoms with Gasteiger partial charge in [0.25, 0.3) is 0 Å². The molecule has 0 saturated heterocycles. The highest BCUT2D eigenvalue weighted by Gasteiger charge is 2.17. The van der Waals surface area contributed by atoms with Gasteiger partial charge >= 0.3 is 5.97 Å². The number of Topliss-reactive ketones (excluding diaryl/α,β-unsaturated/α-hetero) is 1. The van der Waals surface area contributed by atoms with Gasteiger partial charge in [0, 0.05) is 29.7 Å². The van der Waals surface area contributed by atoms with E-state index in [0.29, 0.717) is 36.8 Å². The maximum atomic E-state index is 12.5. The average Bonchev–Trinajstić information content (AvgIpc) is 3.32. The summed E-state index contributed by atoms with van der Waals surface area (Å²) in [6.45, 7) is 6.49. The Morgan fingerprint density at radius 2 is 1.67 bits per heavy atom. The topological polar surface area (TPSA) is 81.4 Å². The molecule has 1 heterocycles. The van der Waals surface area contributed by atoms with Crippen molar-refractivity contribution in [2.45, 2.75) is 46.1 Å². The highest BCUT2D eigenvalue weighted by atomic mass is 16.5. The Morgan fingerprint density at radius 3 is 2.33 bits per heavy atom. The summed E-state index contributed by atoms with van der Waals surface area (Å²) in [6, 6.07) is 23.6. The maximum Gasteiger partial charge on any atom is 0.305 e. The van der Waals surface area contributed by atoms with Gasteiger partial charge in [0.05, 0.1) is 12.6 Å². The third-order valence-electron chi connectivity index (χ3n) is 6.10. The summed E-state index contributed by atoms with van der Waals surface area (Å²) in [4.78, 5) is 28.5. The van der Waals surface area contributed by atoms with Crippen molar-refractivity contribution < 1.29 is 18.7 Å². The van der Waals surface area contributed by atoms with Gasteiger partial charge in [-0.05, 0) is 73.4 Å². The van der Waals surface area contributed by atoms with E-state index in [-0.39, 0.29) is 24.2 Å². The summed E-state index contributed by atoms with van der Waals surface area (Å²) < 4.78 is 10.8. The number of ketones is 1. The largest absolute Gasteiger partial charge is 0.466 e. The second-order valence-electron chi connectivity index (χ2n) is 9.13. The molecule has 0 aliphatic heterocycles. The van der Waals surface area contributed by atoms with Gasteiger partial charge in [-0.25, -0.2) is 4.98 Å². The summed E-state index contributed by atoms with van der Waals surface area (Å²) in [5.41, 5.74) is 5.30. The highest BCUT2D eigenvalue weighted by molar-refractivity contribution is 5.96. The minimum Gasteiger partial charge on any atom is -0.466 e. The molecular formula is C30H32N2O4. The molecule has 3 aromatic carbocycles. The fourth-order valence-electron chi connectivity index (χ4n) is 4.17. The van der Waals surface area contributed by atoms with Crippen LogP contribution < -0.4 is 5.32 Å². The quantitative estimate of drug-likeness (QED) is 0.179. The number of benzene rings is 3. The van der Waals surface area contributed by atoms with Crippen molar-refractivity contribution in [3.63, 3.8) is 0 Å². The molecular weight excluding hydrogens is 452 g/mol. The lowest BCUT2D eigenvalue weighted by molar-refractivity contribution is -0.143. The Kier molecular flexibility index (Phi) is 8.16. The minimum atomic E-state index is -0.258. The van der Waals surface area contributed by atoms with Crippen LogP contribution in [0.4, 0.5) is 5.69 Å². The van der Waals surface area contributed by atoms with Crippen LogP contribution in [-0.2, 0) is 9.53 Å². The first kappa shape index (κ1) is 25.2. The third-order valence-corrected chi connectivity index (χ3v) is 6.10. The zero-order valence-corrected chi connectivity index (χ0v) is 21.0. The zero-order valence-electron chi connectivity index (χ0n) is 21.0. The van der Waals surface area contributed by atoms with Crippen molar-refractivity contribution in [3.05, 3.63) is 83.9 Å². The molecule has 36 heavy (non-hydrogen) atoms. The number of rotatable bonds is 11. The fourth-order valence-corrected chi connectivity index (χ4v) is 4.17. The number of nitrogens with zero attached hydrogens (tertiary/aromatic N) is 1. The molecule has 0 aliphatic carbocycles. The van der Waals surface area contributed by atoms with Crippen molar-refractivity contribution in [1.29, 1.82) is 0 Å². The van der Waals surface area contributed by atoms with E-state index in [1.165, 1.54) is 0 Å². The first-order valence-electron chi connectivity index (χ1n) is 12.5. The minimum absolute atomic E-state index is 0.0287. The smallest absolute Gasteiger partial charge is 0.305 e. The lowest BCUT2D eigenvalue weighted by Gasteiger charge is -2.24. The summed E-state index contributed by atoms with van der Waals surface area (Å²) in [7, 11) is 0. The molecule has 6 nitrogen and oxygen atoms in total. The number of oxazole rings is 1. The van der Waals surface area contributed by atoms with Crippen molar-refractivity contribution in [3.8, 4) is 11.5 Å². The molecule has 6 heteroatoms. The number of hydrogen-bond donors (Lipinski definition) is 1. The van der Waals surface area contributed by atoms with Crippen molar-refractivity contribution in [1.82, 2.24) is 4.98 Å². The molecule has 4 rings (SSSR count). The lowest BCUT2D eigenvalue weighted by atomic mass is 9.94. The molecule has 4 aromatic rings. The molecule has 1 aromatic heterocycles. The Labute approximate surface area is 211 Å². The second kappa shape index (κ2) is 11.7. The van der Waals surface area contributed by atoms with E-state index in [1.54, 1.807) is 6.92 Å². The van der Waals surface area contributed by atoms with Crippen molar-refractivity contribution in [2.24, 2.45) is 5.92 Å². The van der Waals surface area contributed by atoms with E-state index in [1.807, 2.05) is 60.7 Å². The summed E-state index contributed by atoms with van der Waals surface area (Å²) in [5, 5.41) is 3.60. The fraction of sp³-hybridized carbons (Fsp3) is 0.300. The number of nitrogens with one attached hydrogen (secondary N) is 1. The molecule has 0 fully saturated rings. The number of anilines is 1. The second-order valence-corrected chi connectivity index (χ2v) is 9.13. The van der Waals surface area contributed by atoms with Gasteiger partial charge in [-0.15, -0.1) is 0 Å². The molecule has 0 saturated carbocycles. The summed E-state index contributed by atoms with van der Waals surface area (Å²) in [5.74, 6) is 0.719. The molecule has 1 N–H and O–H groups in total. The Balaban J connectivity index is 1.40. The maximum absolute atomic E-state index is 12.5. The van der Waals surface area contributed by atoms with Crippen LogP contribution in [0.1, 0.15) is 62.0 Å². The number of carbonyl (C=O) groups excluding carboxylic acids is 2. The van der Waals surface area contributed by atoms with Gasteiger partial charge < -0.3 is 14.5 Å². The van der Waals surface area contributed by atoms with Crippen molar-refractivity contribution in [2.75, 3.05) is 11.9 Å². The molecule has 0 unspecified atom stereocenters. The van der Waals surface area contributed by atoms with Gasteiger partial charge in [0.1, 0.15) is 5.52 Å². The number of fused-ring (bicyclic) bond motifs is 1. The van der Waals surface area contributed by atoms with Gasteiger partial charge in [-0.2, -0.15) is 0 Å². The molecule has 186 valence electrons. The van der Waals surface area contributed by atoms with E-state index in [9.17, 15) is 9.59 Å². The number of aromatic nitrogens is 1. The number of para-hydroxylation sites is 2. The summed E-state index contributed by atoms with van der Waals surface area (Å²) >= 11 is 0. The van der Waals surface area contributed by atoms with Crippen molar-refractivity contribution >= 4 is 28.5 Å². The molecule has 0 amide bonds. The standard InChI is InChI=1S/C30H32N2O4/c1-4-35-28(34)11-7-9-26(33)21-16-18-24(19-17-21)31-29(20(2)3)22-12-14-23(15-13-22)30-32-25-8-5-6-10-27(25)36-30/h5-6,8,10,12-20,29,31H,4,7,9,11H2,1-3H3/t29-/m1/s1. The monoisotopic (exact) mass is 484 g/mol. The van der Waals surface area contributed by atoms with Crippen LogP contribution in [0.5, 0.6) is 0 Å². The summed E-state index contributed by atoms with van der Waals surface area (Å²) in [6.07, 6.45) is 1.08. The Bertz CT molecular complexity index is 1270. The SMILES string of the molecule is CCOC(=O)CCCC(=O)c1ccc(N[C@@H](c2ccc(-c3nc4ccccc4o3)cc2)C(C)C)cc1. The van der Waals surface area contributed by atoms with Gasteiger partial charge in [0.2, 0.25) is 5.89 Å².